The number of nitrogens with one attached hydrogen (secondary N) is 3. The number of anilines is 1. The Morgan fingerprint density at radius 2 is 2.00 bits per heavy atom. The summed E-state index contributed by atoms with van der Waals surface area (Å²) in [6.45, 7) is 11.8. The van der Waals surface area contributed by atoms with E-state index in [1.54, 1.807) is 17.8 Å². The molecule has 0 aromatic carbocycles. The highest BCUT2D eigenvalue weighted by atomic mass is 28.3. The van der Waals surface area contributed by atoms with Gasteiger partial charge in [-0.05, 0) is 6.04 Å². The summed E-state index contributed by atoms with van der Waals surface area (Å²) in [5.41, 5.74) is 0.855. The van der Waals surface area contributed by atoms with Gasteiger partial charge in [0.1, 0.15) is 18.1 Å². The molecule has 2 amide bonds. The van der Waals surface area contributed by atoms with Crippen molar-refractivity contribution in [2.45, 2.75) is 46.3 Å². The van der Waals surface area contributed by atoms with Crippen LogP contribution in [0.3, 0.4) is 0 Å². The van der Waals surface area contributed by atoms with Crippen molar-refractivity contribution in [3.63, 3.8) is 0 Å². The SMILES string of the molecule is CNC(=O)CNc1cnc2c(n1)c(C(=O)NCC(C)(C)CO)cn2COCC[Si](C)(C)C. The van der Waals surface area contributed by atoms with Crippen LogP contribution >= 0.6 is 0 Å². The first-order valence-electron chi connectivity index (χ1n) is 10.7. The number of aliphatic hydroxyl groups excluding tert-OH is 1. The maximum Gasteiger partial charge on any atom is 0.255 e. The second-order valence-electron chi connectivity index (χ2n) is 9.82. The zero-order chi connectivity index (χ0) is 23.9. The summed E-state index contributed by atoms with van der Waals surface area (Å²) in [6.07, 6.45) is 3.21. The molecule has 4 N–H and O–H groups in total. The molecule has 2 rings (SSSR count). The average Bonchev–Trinajstić information content (AvgIpc) is 3.10. The predicted octanol–water partition coefficient (Wildman–Crippen LogP) is 1.65. The van der Waals surface area contributed by atoms with Crippen LogP contribution in [-0.4, -0.2) is 72.9 Å². The number of likely N-dealkylation sites (N-methyl/N-ethyl adjacent to an activating group) is 1. The van der Waals surface area contributed by atoms with Gasteiger partial charge >= 0.3 is 0 Å². The van der Waals surface area contributed by atoms with E-state index in [9.17, 15) is 14.7 Å². The second-order valence-corrected chi connectivity index (χ2v) is 15.4. The van der Waals surface area contributed by atoms with Gasteiger partial charge < -0.3 is 30.4 Å². The van der Waals surface area contributed by atoms with E-state index in [-0.39, 0.29) is 31.7 Å². The van der Waals surface area contributed by atoms with Crippen molar-refractivity contribution in [3.8, 4) is 0 Å². The number of nitrogens with zero attached hydrogens (tertiary/aromatic N) is 3. The fourth-order valence-corrected chi connectivity index (χ4v) is 3.43. The van der Waals surface area contributed by atoms with Crippen LogP contribution in [-0.2, 0) is 16.3 Å². The van der Waals surface area contributed by atoms with Crippen molar-refractivity contribution in [3.05, 3.63) is 18.0 Å². The topological polar surface area (TPSA) is 130 Å². The number of carbonyl (C=O) groups is 2. The molecule has 0 fully saturated rings. The number of rotatable bonds is 12. The Labute approximate surface area is 190 Å². The van der Waals surface area contributed by atoms with Gasteiger partial charge in [-0.25, -0.2) is 9.97 Å². The second kappa shape index (κ2) is 10.9. The Hall–Kier alpha value is -2.50. The third-order valence-electron chi connectivity index (χ3n) is 4.90. The average molecular weight is 465 g/mol. The van der Waals surface area contributed by atoms with E-state index in [0.29, 0.717) is 35.7 Å². The minimum atomic E-state index is -1.21. The number of carbonyl (C=O) groups excluding carboxylic acids is 2. The summed E-state index contributed by atoms with van der Waals surface area (Å²) in [7, 11) is 0.342. The quantitative estimate of drug-likeness (QED) is 0.277. The molecule has 2 aromatic rings. The monoisotopic (exact) mass is 464 g/mol. The van der Waals surface area contributed by atoms with Crippen molar-refractivity contribution in [1.82, 2.24) is 25.2 Å². The third-order valence-corrected chi connectivity index (χ3v) is 6.61. The van der Waals surface area contributed by atoms with Crippen molar-refractivity contribution in [2.24, 2.45) is 5.41 Å². The summed E-state index contributed by atoms with van der Waals surface area (Å²) < 4.78 is 7.61. The van der Waals surface area contributed by atoms with Crippen LogP contribution < -0.4 is 16.0 Å². The first-order chi connectivity index (χ1) is 15.0. The number of aromatic nitrogens is 3. The zero-order valence-corrected chi connectivity index (χ0v) is 20.9. The van der Waals surface area contributed by atoms with Crippen molar-refractivity contribution in [1.29, 1.82) is 0 Å². The molecule has 178 valence electrons. The highest BCUT2D eigenvalue weighted by Gasteiger charge is 2.22. The van der Waals surface area contributed by atoms with Crippen LogP contribution in [0.5, 0.6) is 0 Å². The standard InChI is InChI=1S/C21H36N6O4Si/c1-21(2,13-28)12-25-20(30)15-11-27(14-31-7-8-32(4,5)6)19-18(15)26-16(9-24-19)23-10-17(29)22-3/h9,11,28H,7-8,10,12-14H2,1-6H3,(H,22,29)(H,23,26)(H,25,30). The number of fused-ring (bicyclic) bond motifs is 1. The Balaban J connectivity index is 2.27. The van der Waals surface area contributed by atoms with E-state index in [0.717, 1.165) is 6.04 Å². The van der Waals surface area contributed by atoms with Crippen LogP contribution in [0, 0.1) is 5.41 Å². The van der Waals surface area contributed by atoms with Gasteiger partial charge in [-0.3, -0.25) is 9.59 Å². The molecule has 32 heavy (non-hydrogen) atoms. The summed E-state index contributed by atoms with van der Waals surface area (Å²) in [6, 6.07) is 1.04. The van der Waals surface area contributed by atoms with E-state index in [2.05, 4.69) is 45.6 Å². The van der Waals surface area contributed by atoms with E-state index in [1.165, 1.54) is 6.20 Å². The lowest BCUT2D eigenvalue weighted by atomic mass is 9.95. The fraction of sp³-hybridized carbons (Fsp3) is 0.619. The molecule has 0 saturated heterocycles. The smallest absolute Gasteiger partial charge is 0.255 e. The number of hydrogen-bond donors (Lipinski definition) is 4. The van der Waals surface area contributed by atoms with Gasteiger partial charge in [0.15, 0.2) is 5.65 Å². The molecule has 0 atom stereocenters. The molecule has 0 bridgehead atoms. The van der Waals surface area contributed by atoms with Gasteiger partial charge in [0.2, 0.25) is 5.91 Å². The number of ether oxygens (including phenoxy) is 1. The Morgan fingerprint density at radius 1 is 1.28 bits per heavy atom. The van der Waals surface area contributed by atoms with Gasteiger partial charge in [-0.15, -0.1) is 0 Å². The number of hydrogen-bond acceptors (Lipinski definition) is 7. The van der Waals surface area contributed by atoms with Crippen molar-refractivity contribution < 1.29 is 19.4 Å². The van der Waals surface area contributed by atoms with Gasteiger partial charge in [0.25, 0.3) is 5.91 Å². The molecule has 0 radical (unpaired) electrons. The molecular formula is C21H36N6O4Si. The molecule has 0 saturated carbocycles. The first kappa shape index (κ1) is 25.8. The van der Waals surface area contributed by atoms with Crippen LogP contribution in [0.1, 0.15) is 24.2 Å². The molecule has 2 heterocycles. The number of aliphatic hydroxyl groups is 1. The lowest BCUT2D eigenvalue weighted by Gasteiger charge is -2.21. The summed E-state index contributed by atoms with van der Waals surface area (Å²) in [5.74, 6) is -0.108. The molecule has 0 aliphatic rings. The van der Waals surface area contributed by atoms with Crippen molar-refractivity contribution >= 4 is 36.9 Å². The van der Waals surface area contributed by atoms with E-state index in [1.807, 2.05) is 13.8 Å². The Bertz CT molecular complexity index is 938. The van der Waals surface area contributed by atoms with Crippen molar-refractivity contribution in [2.75, 3.05) is 38.7 Å². The third kappa shape index (κ3) is 7.57. The number of amides is 2. The highest BCUT2D eigenvalue weighted by molar-refractivity contribution is 6.76. The van der Waals surface area contributed by atoms with Gasteiger partial charge in [0.05, 0.1) is 18.3 Å². The lowest BCUT2D eigenvalue weighted by Crippen LogP contribution is -2.36. The Kier molecular flexibility index (Phi) is 8.76. The van der Waals surface area contributed by atoms with Crippen LogP contribution in [0.2, 0.25) is 25.7 Å². The molecule has 10 nitrogen and oxygen atoms in total. The molecule has 0 aliphatic carbocycles. The normalized spacial score (nSPS) is 12.1. The van der Waals surface area contributed by atoms with Crippen LogP contribution in [0.15, 0.2) is 12.4 Å². The molecule has 0 spiro atoms. The van der Waals surface area contributed by atoms with E-state index in [4.69, 9.17) is 4.74 Å². The lowest BCUT2D eigenvalue weighted by molar-refractivity contribution is -0.118. The van der Waals surface area contributed by atoms with E-state index >= 15 is 0 Å². The summed E-state index contributed by atoms with van der Waals surface area (Å²) in [5, 5.41) is 17.8. The maximum atomic E-state index is 12.9. The largest absolute Gasteiger partial charge is 0.396 e. The van der Waals surface area contributed by atoms with Crippen LogP contribution in [0.25, 0.3) is 11.2 Å². The summed E-state index contributed by atoms with van der Waals surface area (Å²) in [4.78, 5) is 33.4. The molecular weight excluding hydrogens is 428 g/mol. The fourth-order valence-electron chi connectivity index (χ4n) is 2.67. The van der Waals surface area contributed by atoms with Crippen LogP contribution in [0.4, 0.5) is 5.82 Å². The molecule has 0 aliphatic heterocycles. The molecule has 0 unspecified atom stereocenters. The zero-order valence-electron chi connectivity index (χ0n) is 19.9. The van der Waals surface area contributed by atoms with Gasteiger partial charge in [-0.1, -0.05) is 33.5 Å². The predicted molar refractivity (Wildman–Crippen MR) is 127 cm³/mol. The van der Waals surface area contributed by atoms with Gasteiger partial charge in [0, 0.05) is 46.5 Å². The minimum absolute atomic E-state index is 0.0451. The summed E-state index contributed by atoms with van der Waals surface area (Å²) >= 11 is 0. The molecule has 11 heteroatoms. The van der Waals surface area contributed by atoms with Gasteiger partial charge in [-0.2, -0.15) is 0 Å². The first-order valence-corrected chi connectivity index (χ1v) is 14.4. The van der Waals surface area contributed by atoms with E-state index < -0.39 is 13.5 Å². The maximum absolute atomic E-state index is 12.9. The minimum Gasteiger partial charge on any atom is -0.396 e. The Morgan fingerprint density at radius 3 is 2.62 bits per heavy atom. The molecule has 2 aromatic heterocycles. The highest BCUT2D eigenvalue weighted by Crippen LogP contribution is 2.21.